The van der Waals surface area contributed by atoms with Crippen molar-refractivity contribution in [1.29, 1.82) is 0 Å². The van der Waals surface area contributed by atoms with Crippen LogP contribution >= 0.6 is 0 Å². The Morgan fingerprint density at radius 2 is 1.62 bits per heavy atom. The first-order valence-electron chi connectivity index (χ1n) is 4.08. The van der Waals surface area contributed by atoms with Crippen LogP contribution in [-0.4, -0.2) is 21.0 Å². The molecule has 0 heterocycles. The maximum atomic E-state index is 11.7. The average Bonchev–Trinajstić information content (AvgIpc) is 2.13. The van der Waals surface area contributed by atoms with E-state index in [1.165, 1.54) is 24.3 Å². The van der Waals surface area contributed by atoms with E-state index in [-0.39, 0.29) is 10.6 Å². The lowest BCUT2D eigenvalue weighted by Gasteiger charge is -2.11. The van der Waals surface area contributed by atoms with E-state index in [9.17, 15) is 21.6 Å². The number of rotatable bonds is 3. The Morgan fingerprint density at radius 1 is 1.12 bits per heavy atom. The summed E-state index contributed by atoms with van der Waals surface area (Å²) in [6.45, 7) is 0. The molecule has 0 aliphatic carbocycles. The van der Waals surface area contributed by atoms with Gasteiger partial charge in [0.2, 0.25) is 0 Å². The second kappa shape index (κ2) is 4.30. The number of nitrogens with one attached hydrogen (secondary N) is 2. The average molecular weight is 254 g/mol. The summed E-state index contributed by atoms with van der Waals surface area (Å²) in [7, 11) is -3.33. The van der Waals surface area contributed by atoms with Crippen molar-refractivity contribution < 1.29 is 21.6 Å². The third-order valence-electron chi connectivity index (χ3n) is 1.63. The molecule has 0 saturated heterocycles. The minimum atomic E-state index is -4.55. The summed E-state index contributed by atoms with van der Waals surface area (Å²) in [4.78, 5) is 0.0464. The summed E-state index contributed by atoms with van der Waals surface area (Å²) >= 11 is 0. The van der Waals surface area contributed by atoms with Gasteiger partial charge in [-0.2, -0.15) is 13.2 Å². The van der Waals surface area contributed by atoms with E-state index in [1.54, 1.807) is 0 Å². The van der Waals surface area contributed by atoms with Crippen LogP contribution in [0.2, 0.25) is 0 Å². The van der Waals surface area contributed by atoms with Crippen LogP contribution in [0.15, 0.2) is 29.2 Å². The second-order valence-corrected chi connectivity index (χ2v) is 5.06. The van der Waals surface area contributed by atoms with Crippen LogP contribution < -0.4 is 10.9 Å². The second-order valence-electron chi connectivity index (χ2n) is 3.04. The van der Waals surface area contributed by atoms with Crippen LogP contribution in [0, 0.1) is 0 Å². The quantitative estimate of drug-likeness (QED) is 0.634. The lowest BCUT2D eigenvalue weighted by Crippen LogP contribution is -2.36. The van der Waals surface area contributed by atoms with E-state index in [0.717, 1.165) is 11.7 Å². The molecule has 0 unspecified atom stereocenters. The third kappa shape index (κ3) is 4.07. The number of sulfone groups is 1. The van der Waals surface area contributed by atoms with Crippen molar-refractivity contribution in [3.8, 4) is 0 Å². The van der Waals surface area contributed by atoms with Crippen molar-refractivity contribution in [2.75, 3.05) is 11.7 Å². The summed E-state index contributed by atoms with van der Waals surface area (Å²) in [6, 6.07) is 4.90. The van der Waals surface area contributed by atoms with Crippen molar-refractivity contribution in [3.05, 3.63) is 24.3 Å². The van der Waals surface area contributed by atoms with Crippen LogP contribution in [0.25, 0.3) is 0 Å². The van der Waals surface area contributed by atoms with Gasteiger partial charge in [0.25, 0.3) is 0 Å². The Bertz CT molecular complexity index is 453. The molecule has 0 aromatic heterocycles. The van der Waals surface area contributed by atoms with Gasteiger partial charge in [0.15, 0.2) is 9.84 Å². The largest absolute Gasteiger partial charge is 0.474 e. The summed E-state index contributed by atoms with van der Waals surface area (Å²) in [6.07, 6.45) is -3.53. The van der Waals surface area contributed by atoms with E-state index in [0.29, 0.717) is 0 Å². The van der Waals surface area contributed by atoms with Crippen LogP contribution in [0.3, 0.4) is 0 Å². The number of halogens is 3. The fraction of sp³-hybridized carbons (Fsp3) is 0.250. The van der Waals surface area contributed by atoms with Crippen molar-refractivity contribution in [2.45, 2.75) is 11.2 Å². The Kier molecular flexibility index (Phi) is 3.44. The summed E-state index contributed by atoms with van der Waals surface area (Å²) in [5.74, 6) is 0. The van der Waals surface area contributed by atoms with Gasteiger partial charge in [0.1, 0.15) is 0 Å². The van der Waals surface area contributed by atoms with Crippen molar-refractivity contribution in [2.24, 2.45) is 0 Å². The molecule has 1 aromatic rings. The number of hydrogen-bond acceptors (Lipinski definition) is 4. The molecule has 0 radical (unpaired) electrons. The molecule has 90 valence electrons. The van der Waals surface area contributed by atoms with E-state index in [2.05, 4.69) is 0 Å². The predicted octanol–water partition coefficient (Wildman–Crippen LogP) is 1.53. The minimum absolute atomic E-state index is 0.0464. The highest BCUT2D eigenvalue weighted by Crippen LogP contribution is 2.15. The molecule has 0 aliphatic rings. The number of hydrazine groups is 1. The van der Waals surface area contributed by atoms with Crippen LogP contribution in [0.4, 0.5) is 18.9 Å². The van der Waals surface area contributed by atoms with Crippen molar-refractivity contribution in [1.82, 2.24) is 5.43 Å². The number of alkyl halides is 3. The zero-order chi connectivity index (χ0) is 12.4. The Labute approximate surface area is 90.4 Å². The SMILES string of the molecule is CS(=O)(=O)c1ccc(NNC(F)(F)F)cc1. The highest BCUT2D eigenvalue weighted by atomic mass is 32.2. The lowest BCUT2D eigenvalue weighted by atomic mass is 10.3. The van der Waals surface area contributed by atoms with E-state index >= 15 is 0 Å². The fourth-order valence-electron chi connectivity index (χ4n) is 0.929. The normalized spacial score (nSPS) is 12.5. The summed E-state index contributed by atoms with van der Waals surface area (Å²) < 4.78 is 57.3. The van der Waals surface area contributed by atoms with Gasteiger partial charge in [0, 0.05) is 11.9 Å². The molecule has 0 bridgehead atoms. The molecule has 0 atom stereocenters. The van der Waals surface area contributed by atoms with E-state index < -0.39 is 16.1 Å². The van der Waals surface area contributed by atoms with Crippen LogP contribution in [-0.2, 0) is 9.84 Å². The molecule has 0 amide bonds. The molecule has 4 nitrogen and oxygen atoms in total. The topological polar surface area (TPSA) is 58.2 Å². The Balaban J connectivity index is 2.73. The van der Waals surface area contributed by atoms with Crippen LogP contribution in [0.5, 0.6) is 0 Å². The molecule has 2 N–H and O–H groups in total. The zero-order valence-corrected chi connectivity index (χ0v) is 8.98. The molecule has 0 aliphatic heterocycles. The van der Waals surface area contributed by atoms with Gasteiger partial charge >= 0.3 is 6.30 Å². The molecule has 0 fully saturated rings. The van der Waals surface area contributed by atoms with Gasteiger partial charge in [-0.05, 0) is 24.3 Å². The molecular weight excluding hydrogens is 245 g/mol. The molecule has 8 heteroatoms. The first kappa shape index (κ1) is 12.8. The fourth-order valence-corrected chi connectivity index (χ4v) is 1.56. The van der Waals surface area contributed by atoms with Gasteiger partial charge < -0.3 is 5.43 Å². The molecule has 1 rings (SSSR count). The molecule has 1 aromatic carbocycles. The van der Waals surface area contributed by atoms with E-state index in [1.807, 2.05) is 5.43 Å². The van der Waals surface area contributed by atoms with Crippen molar-refractivity contribution >= 4 is 15.5 Å². The highest BCUT2D eigenvalue weighted by molar-refractivity contribution is 7.90. The zero-order valence-electron chi connectivity index (χ0n) is 8.17. The minimum Gasteiger partial charge on any atom is -0.314 e. The first-order chi connectivity index (χ1) is 7.18. The molecule has 16 heavy (non-hydrogen) atoms. The lowest BCUT2D eigenvalue weighted by molar-refractivity contribution is -0.151. The van der Waals surface area contributed by atoms with Crippen molar-refractivity contribution in [3.63, 3.8) is 0 Å². The number of hydrogen-bond donors (Lipinski definition) is 2. The standard InChI is InChI=1S/C8H9F3N2O2S/c1-16(14,15)7-4-2-6(3-5-7)12-13-8(9,10)11/h2-5,12-13H,1H3. The number of anilines is 1. The molecule has 0 spiro atoms. The smallest absolute Gasteiger partial charge is 0.314 e. The van der Waals surface area contributed by atoms with E-state index in [4.69, 9.17) is 0 Å². The monoisotopic (exact) mass is 254 g/mol. The Hall–Kier alpha value is -1.28. The summed E-state index contributed by atoms with van der Waals surface area (Å²) in [5, 5.41) is 0. The van der Waals surface area contributed by atoms with Crippen LogP contribution in [0.1, 0.15) is 0 Å². The predicted molar refractivity (Wildman–Crippen MR) is 52.4 cm³/mol. The first-order valence-corrected chi connectivity index (χ1v) is 5.98. The van der Waals surface area contributed by atoms with Gasteiger partial charge in [-0.3, -0.25) is 0 Å². The number of benzene rings is 1. The molecular formula is C8H9F3N2O2S. The summed E-state index contributed by atoms with van der Waals surface area (Å²) in [5.41, 5.74) is 3.11. The maximum absolute atomic E-state index is 11.7. The molecule has 0 saturated carbocycles. The Morgan fingerprint density at radius 3 is 2.00 bits per heavy atom. The van der Waals surface area contributed by atoms with Gasteiger partial charge in [-0.25, -0.2) is 8.42 Å². The maximum Gasteiger partial charge on any atom is 0.474 e. The highest BCUT2D eigenvalue weighted by Gasteiger charge is 2.26. The van der Waals surface area contributed by atoms with Gasteiger partial charge in [0.05, 0.1) is 4.90 Å². The third-order valence-corrected chi connectivity index (χ3v) is 2.76. The van der Waals surface area contributed by atoms with Gasteiger partial charge in [-0.1, -0.05) is 0 Å². The van der Waals surface area contributed by atoms with Gasteiger partial charge in [-0.15, -0.1) is 5.43 Å².